The van der Waals surface area contributed by atoms with E-state index in [4.69, 9.17) is 19.3 Å². The number of aryl methyl sites for hydroxylation is 3. The number of rotatable bonds is 14. The number of ether oxygens (including phenoxy) is 3. The third-order valence-corrected chi connectivity index (χ3v) is 10.7. The number of hydrogen-bond donors (Lipinski definition) is 1. The Hall–Kier alpha value is -5.46. The summed E-state index contributed by atoms with van der Waals surface area (Å²) in [6, 6.07) is 4.84. The predicted octanol–water partition coefficient (Wildman–Crippen LogP) is 3.80. The maximum Gasteiger partial charge on any atom is 0.332 e. The molecule has 0 aliphatic carbocycles. The second-order valence-corrected chi connectivity index (χ2v) is 20.6. The third kappa shape index (κ3) is 9.66. The zero-order valence-electron chi connectivity index (χ0n) is 33.4. The van der Waals surface area contributed by atoms with Gasteiger partial charge in [-0.1, -0.05) is 33.0 Å². The molecule has 1 aliphatic heterocycles. The topological polar surface area (TPSA) is 192 Å². The Kier molecular flexibility index (Phi) is 13.4. The van der Waals surface area contributed by atoms with Crippen LogP contribution in [-0.2, 0) is 45.1 Å². The molecular weight excluding hydrogens is 739 g/mol. The van der Waals surface area contributed by atoms with E-state index in [1.165, 1.54) is 13.7 Å². The molecule has 0 atom stereocenters. The van der Waals surface area contributed by atoms with Gasteiger partial charge in [0, 0.05) is 60.9 Å². The molecule has 0 unspecified atom stereocenters. The first-order valence-corrected chi connectivity index (χ1v) is 22.3. The van der Waals surface area contributed by atoms with Gasteiger partial charge >= 0.3 is 17.4 Å². The molecule has 5 aromatic rings. The molecule has 6 heterocycles. The van der Waals surface area contributed by atoms with E-state index in [1.54, 1.807) is 43.4 Å². The molecule has 6 rings (SSSR count). The fraction of sp³-hybridized carbons (Fsp3) is 0.474. The van der Waals surface area contributed by atoms with Crippen LogP contribution in [0.5, 0.6) is 17.5 Å². The standard InChI is InChI=1S/C22H33N5O4Si.C16H18N4O4/c1-7-8-9-26-20(28)18-19(25(3)22(26)29)24-21(31-17-12-16(2)13-23-14-17)27(18)15-30-10-11-32(4,5)6;1-10-6-11(9-17-8-10)24-13-7-12-14(18-13)19(2)16(23)20(15(12)22)4-3-5-21/h12-14H,7-11,15H2,1-6H3;6,8-9,21H,3-5,7H2,1-2H3. The van der Waals surface area contributed by atoms with Gasteiger partial charge in [0.1, 0.15) is 24.0 Å². The van der Waals surface area contributed by atoms with E-state index in [0.717, 1.165) is 34.6 Å². The number of fused-ring (bicyclic) bond motifs is 2. The molecule has 5 aromatic heterocycles. The highest BCUT2D eigenvalue weighted by Crippen LogP contribution is 2.25. The summed E-state index contributed by atoms with van der Waals surface area (Å²) >= 11 is 0. The van der Waals surface area contributed by atoms with E-state index in [0.29, 0.717) is 53.9 Å². The van der Waals surface area contributed by atoms with Crippen LogP contribution in [0, 0.1) is 13.8 Å². The second-order valence-electron chi connectivity index (χ2n) is 15.0. The summed E-state index contributed by atoms with van der Waals surface area (Å²) in [6.45, 7) is 13.8. The van der Waals surface area contributed by atoms with Gasteiger partial charge in [-0.2, -0.15) is 9.98 Å². The SMILES string of the molecule is CCCCn1c(=O)c2c(nc(Oc3cncc(C)c3)n2COCC[Si](C)(C)C)n(C)c1=O.Cc1cncc(OC2=Nc3c(c(=O)n(CCCO)c(=O)n3C)C2)c1. The number of aliphatic hydroxyl groups excluding tert-OH is 1. The number of aromatic nitrogens is 8. The summed E-state index contributed by atoms with van der Waals surface area (Å²) in [4.78, 5) is 67.9. The van der Waals surface area contributed by atoms with Crippen LogP contribution in [0.2, 0.25) is 25.7 Å². The van der Waals surface area contributed by atoms with Gasteiger partial charge in [-0.25, -0.2) is 9.59 Å². The summed E-state index contributed by atoms with van der Waals surface area (Å²) in [5.41, 5.74) is 1.28. The van der Waals surface area contributed by atoms with Gasteiger partial charge in [0.2, 0.25) is 5.90 Å². The first kappa shape index (κ1) is 41.7. The summed E-state index contributed by atoms with van der Waals surface area (Å²) in [5, 5.41) is 8.93. The number of imidazole rings is 1. The normalized spacial score (nSPS) is 12.3. The Labute approximate surface area is 324 Å². The van der Waals surface area contributed by atoms with Crippen molar-refractivity contribution in [2.45, 2.75) is 92.0 Å². The Balaban J connectivity index is 0.000000223. The van der Waals surface area contributed by atoms with E-state index in [1.807, 2.05) is 32.9 Å². The van der Waals surface area contributed by atoms with Gasteiger partial charge < -0.3 is 19.3 Å². The zero-order valence-corrected chi connectivity index (χ0v) is 34.4. The molecular formula is C38H51N9O8Si. The first-order chi connectivity index (χ1) is 26.6. The lowest BCUT2D eigenvalue weighted by atomic mass is 10.2. The molecule has 0 saturated carbocycles. The molecule has 18 heteroatoms. The van der Waals surface area contributed by atoms with Gasteiger partial charge in [-0.05, 0) is 56.0 Å². The summed E-state index contributed by atoms with van der Waals surface area (Å²) < 4.78 is 24.4. The maximum atomic E-state index is 13.3. The zero-order chi connectivity index (χ0) is 40.7. The Morgan fingerprint density at radius 3 is 2.02 bits per heavy atom. The number of pyridine rings is 2. The smallest absolute Gasteiger partial charge is 0.332 e. The lowest BCUT2D eigenvalue weighted by Gasteiger charge is -2.16. The number of unbranched alkanes of at least 4 members (excludes halogenated alkanes) is 1. The predicted molar refractivity (Wildman–Crippen MR) is 215 cm³/mol. The van der Waals surface area contributed by atoms with Crippen molar-refractivity contribution in [3.63, 3.8) is 0 Å². The van der Waals surface area contributed by atoms with Crippen molar-refractivity contribution < 1.29 is 19.3 Å². The highest BCUT2D eigenvalue weighted by atomic mass is 28.3. The number of nitrogens with zero attached hydrogens (tertiary/aromatic N) is 9. The van der Waals surface area contributed by atoms with Crippen molar-refractivity contribution in [2.24, 2.45) is 19.1 Å². The average molecular weight is 790 g/mol. The van der Waals surface area contributed by atoms with E-state index in [-0.39, 0.29) is 54.8 Å². The van der Waals surface area contributed by atoms with E-state index < -0.39 is 13.8 Å². The molecule has 17 nitrogen and oxygen atoms in total. The number of aliphatic hydroxyl groups is 1. The quantitative estimate of drug-likeness (QED) is 0.127. The maximum absolute atomic E-state index is 13.3. The van der Waals surface area contributed by atoms with Gasteiger partial charge in [-0.3, -0.25) is 42.4 Å². The molecule has 0 amide bonds. The van der Waals surface area contributed by atoms with E-state index in [9.17, 15) is 19.2 Å². The third-order valence-electron chi connectivity index (χ3n) is 9.00. The van der Waals surface area contributed by atoms with Crippen molar-refractivity contribution in [3.05, 3.63) is 95.3 Å². The lowest BCUT2D eigenvalue weighted by Crippen LogP contribution is -2.40. The van der Waals surface area contributed by atoms with Crippen LogP contribution in [0.25, 0.3) is 11.2 Å². The van der Waals surface area contributed by atoms with Crippen LogP contribution in [0.3, 0.4) is 0 Å². The minimum Gasteiger partial charge on any atom is -0.441 e. The second kappa shape index (κ2) is 18.0. The van der Waals surface area contributed by atoms with Crippen LogP contribution in [-0.4, -0.2) is 70.1 Å². The lowest BCUT2D eigenvalue weighted by molar-refractivity contribution is 0.0848. The highest BCUT2D eigenvalue weighted by Gasteiger charge is 2.26. The van der Waals surface area contributed by atoms with E-state index >= 15 is 0 Å². The summed E-state index contributed by atoms with van der Waals surface area (Å²) in [7, 11) is 1.92. The van der Waals surface area contributed by atoms with Crippen molar-refractivity contribution in [1.82, 2.24) is 37.8 Å². The van der Waals surface area contributed by atoms with Crippen molar-refractivity contribution in [3.8, 4) is 17.5 Å². The molecule has 0 fully saturated rings. The van der Waals surface area contributed by atoms with Crippen LogP contribution in [0.15, 0.2) is 61.1 Å². The highest BCUT2D eigenvalue weighted by molar-refractivity contribution is 6.76. The molecule has 300 valence electrons. The van der Waals surface area contributed by atoms with Gasteiger partial charge in [0.05, 0.1) is 24.4 Å². The van der Waals surface area contributed by atoms with Crippen LogP contribution in [0.1, 0.15) is 42.9 Å². The van der Waals surface area contributed by atoms with Gasteiger partial charge in [-0.15, -0.1) is 0 Å². The summed E-state index contributed by atoms with van der Waals surface area (Å²) in [6.07, 6.45) is 8.76. The van der Waals surface area contributed by atoms with E-state index in [2.05, 4.69) is 39.6 Å². The minimum atomic E-state index is -1.27. The minimum absolute atomic E-state index is 0.0854. The number of hydrogen-bond acceptors (Lipinski definition) is 12. The molecule has 0 aromatic carbocycles. The Bertz CT molecular complexity index is 2470. The molecule has 0 saturated heterocycles. The largest absolute Gasteiger partial charge is 0.441 e. The fourth-order valence-corrected chi connectivity index (χ4v) is 6.67. The fourth-order valence-electron chi connectivity index (χ4n) is 5.91. The molecule has 0 radical (unpaired) electrons. The average Bonchev–Trinajstić information content (AvgIpc) is 3.73. The van der Waals surface area contributed by atoms with Gasteiger partial charge in [0.25, 0.3) is 11.1 Å². The molecule has 56 heavy (non-hydrogen) atoms. The van der Waals surface area contributed by atoms with Crippen molar-refractivity contribution in [1.29, 1.82) is 0 Å². The summed E-state index contributed by atoms with van der Waals surface area (Å²) in [5.74, 6) is 1.71. The van der Waals surface area contributed by atoms with Crippen molar-refractivity contribution in [2.75, 3.05) is 13.2 Å². The van der Waals surface area contributed by atoms with Crippen LogP contribution < -0.4 is 32.0 Å². The first-order valence-electron chi connectivity index (χ1n) is 18.6. The molecule has 0 spiro atoms. The Morgan fingerprint density at radius 2 is 1.41 bits per heavy atom. The Morgan fingerprint density at radius 1 is 0.804 bits per heavy atom. The number of aliphatic imine (C=N–C) groups is 1. The van der Waals surface area contributed by atoms with Crippen LogP contribution in [0.4, 0.5) is 5.82 Å². The van der Waals surface area contributed by atoms with Crippen molar-refractivity contribution >= 4 is 31.0 Å². The van der Waals surface area contributed by atoms with Crippen LogP contribution >= 0.6 is 0 Å². The monoisotopic (exact) mass is 789 g/mol. The molecule has 1 N–H and O–H groups in total. The molecule has 0 bridgehead atoms. The molecule has 1 aliphatic rings. The van der Waals surface area contributed by atoms with Gasteiger partial charge in [0.15, 0.2) is 11.2 Å².